The third-order valence-electron chi connectivity index (χ3n) is 4.75. The van der Waals surface area contributed by atoms with Gasteiger partial charge in [-0.25, -0.2) is 9.37 Å². The lowest BCUT2D eigenvalue weighted by atomic mass is 10.1. The monoisotopic (exact) mass is 401 g/mol. The summed E-state index contributed by atoms with van der Waals surface area (Å²) in [6.07, 6.45) is 3.64. The van der Waals surface area contributed by atoms with Crippen molar-refractivity contribution in [3.05, 3.63) is 95.5 Å². The highest BCUT2D eigenvalue weighted by atomic mass is 19.1. The number of imidazole rings is 1. The van der Waals surface area contributed by atoms with Crippen LogP contribution in [0.1, 0.15) is 27.4 Å². The number of nitrogens with zero attached hydrogens (tertiary/aromatic N) is 4. The van der Waals surface area contributed by atoms with Crippen LogP contribution in [0.4, 0.5) is 4.39 Å². The van der Waals surface area contributed by atoms with Crippen LogP contribution < -0.4 is 5.32 Å². The van der Waals surface area contributed by atoms with E-state index in [9.17, 15) is 9.18 Å². The van der Waals surface area contributed by atoms with Crippen molar-refractivity contribution in [1.82, 2.24) is 25.1 Å². The maximum atomic E-state index is 14.1. The van der Waals surface area contributed by atoms with Crippen LogP contribution in [-0.4, -0.2) is 25.7 Å². The summed E-state index contributed by atoms with van der Waals surface area (Å²) < 4.78 is 16.1. The first kappa shape index (κ1) is 19.4. The second kappa shape index (κ2) is 8.24. The lowest BCUT2D eigenvalue weighted by Gasteiger charge is -2.09. The van der Waals surface area contributed by atoms with Gasteiger partial charge in [-0.3, -0.25) is 4.79 Å². The van der Waals surface area contributed by atoms with E-state index in [0.29, 0.717) is 17.8 Å². The van der Waals surface area contributed by atoms with E-state index in [1.807, 2.05) is 48.9 Å². The molecule has 7 heteroatoms. The topological polar surface area (TPSA) is 72.7 Å². The Morgan fingerprint density at radius 2 is 1.83 bits per heavy atom. The van der Waals surface area contributed by atoms with E-state index in [-0.39, 0.29) is 11.5 Å². The largest absolute Gasteiger partial charge is 0.348 e. The summed E-state index contributed by atoms with van der Waals surface area (Å²) in [6.45, 7) is 4.09. The minimum Gasteiger partial charge on any atom is -0.348 e. The molecule has 2 heterocycles. The fourth-order valence-corrected chi connectivity index (χ4v) is 3.13. The van der Waals surface area contributed by atoms with E-state index in [1.54, 1.807) is 24.4 Å². The maximum absolute atomic E-state index is 14.1. The van der Waals surface area contributed by atoms with Crippen molar-refractivity contribution in [1.29, 1.82) is 0 Å². The van der Waals surface area contributed by atoms with Crippen molar-refractivity contribution >= 4 is 5.91 Å². The van der Waals surface area contributed by atoms with Gasteiger partial charge in [-0.15, -0.1) is 0 Å². The quantitative estimate of drug-likeness (QED) is 0.548. The van der Waals surface area contributed by atoms with Crippen molar-refractivity contribution in [2.45, 2.75) is 20.4 Å². The summed E-state index contributed by atoms with van der Waals surface area (Å²) >= 11 is 0. The Bertz CT molecular complexity index is 1180. The molecule has 6 nitrogen and oxygen atoms in total. The number of amides is 1. The highest BCUT2D eigenvalue weighted by Crippen LogP contribution is 2.20. The molecule has 4 rings (SSSR count). The van der Waals surface area contributed by atoms with Crippen LogP contribution in [0.5, 0.6) is 0 Å². The van der Waals surface area contributed by atoms with E-state index in [2.05, 4.69) is 20.5 Å². The van der Waals surface area contributed by atoms with Crippen LogP contribution in [0.25, 0.3) is 16.9 Å². The van der Waals surface area contributed by atoms with Gasteiger partial charge in [0, 0.05) is 35.8 Å². The zero-order chi connectivity index (χ0) is 21.1. The van der Waals surface area contributed by atoms with E-state index in [0.717, 1.165) is 22.8 Å². The van der Waals surface area contributed by atoms with Gasteiger partial charge in [-0.05, 0) is 61.9 Å². The van der Waals surface area contributed by atoms with Gasteiger partial charge in [0.25, 0.3) is 5.91 Å². The second-order valence-corrected chi connectivity index (χ2v) is 6.98. The van der Waals surface area contributed by atoms with Gasteiger partial charge in [0.15, 0.2) is 0 Å². The van der Waals surface area contributed by atoms with Gasteiger partial charge in [0.1, 0.15) is 11.6 Å². The third-order valence-corrected chi connectivity index (χ3v) is 4.75. The smallest absolute Gasteiger partial charge is 0.251 e. The first-order chi connectivity index (χ1) is 14.5. The maximum Gasteiger partial charge on any atom is 0.251 e. The van der Waals surface area contributed by atoms with Crippen LogP contribution >= 0.6 is 0 Å². The molecular weight excluding hydrogens is 381 g/mol. The Kier molecular flexibility index (Phi) is 5.34. The number of aryl methyl sites for hydroxylation is 2. The van der Waals surface area contributed by atoms with E-state index in [1.165, 1.54) is 12.1 Å². The van der Waals surface area contributed by atoms with Crippen molar-refractivity contribution < 1.29 is 9.18 Å². The molecule has 1 amide bonds. The van der Waals surface area contributed by atoms with Gasteiger partial charge < -0.3 is 9.88 Å². The van der Waals surface area contributed by atoms with Gasteiger partial charge in [-0.1, -0.05) is 12.1 Å². The number of halogens is 1. The highest BCUT2D eigenvalue weighted by Gasteiger charge is 2.11. The van der Waals surface area contributed by atoms with Crippen molar-refractivity contribution in [2.24, 2.45) is 0 Å². The van der Waals surface area contributed by atoms with Crippen LogP contribution in [0.2, 0.25) is 0 Å². The SMILES string of the molecule is Cc1ccc(-c2cc(F)cc(C(=O)NCc3ccc(-n4ccnc4C)cc3)c2)nn1. The minimum atomic E-state index is -0.500. The third kappa shape index (κ3) is 4.25. The molecule has 0 unspecified atom stereocenters. The predicted octanol–water partition coefficient (Wildman–Crippen LogP) is 4.02. The molecule has 0 radical (unpaired) electrons. The number of carbonyl (C=O) groups excluding carboxylic acids is 1. The normalized spacial score (nSPS) is 10.8. The average molecular weight is 401 g/mol. The van der Waals surface area contributed by atoms with Crippen molar-refractivity contribution in [3.8, 4) is 16.9 Å². The first-order valence-electron chi connectivity index (χ1n) is 9.48. The van der Waals surface area contributed by atoms with Crippen LogP contribution in [-0.2, 0) is 6.54 Å². The van der Waals surface area contributed by atoms with E-state index < -0.39 is 5.82 Å². The summed E-state index contributed by atoms with van der Waals surface area (Å²) in [5.41, 5.74) is 3.95. The molecule has 2 aromatic heterocycles. The van der Waals surface area contributed by atoms with Crippen molar-refractivity contribution in [2.75, 3.05) is 0 Å². The molecule has 0 aliphatic carbocycles. The fourth-order valence-electron chi connectivity index (χ4n) is 3.13. The number of nitrogens with one attached hydrogen (secondary N) is 1. The van der Waals surface area contributed by atoms with Crippen LogP contribution in [0.3, 0.4) is 0 Å². The summed E-state index contributed by atoms with van der Waals surface area (Å²) in [5, 5.41) is 10.9. The summed E-state index contributed by atoms with van der Waals surface area (Å²) in [5.74, 6) is 0.0432. The lowest BCUT2D eigenvalue weighted by molar-refractivity contribution is 0.0950. The molecule has 0 bridgehead atoms. The number of aromatic nitrogens is 4. The molecule has 0 aliphatic heterocycles. The molecule has 0 aliphatic rings. The molecular formula is C23H20FN5O. The Hall–Kier alpha value is -3.87. The van der Waals surface area contributed by atoms with Gasteiger partial charge >= 0.3 is 0 Å². The van der Waals surface area contributed by atoms with E-state index in [4.69, 9.17) is 0 Å². The van der Waals surface area contributed by atoms with Crippen molar-refractivity contribution in [3.63, 3.8) is 0 Å². The molecule has 4 aromatic rings. The van der Waals surface area contributed by atoms with Gasteiger partial charge in [-0.2, -0.15) is 10.2 Å². The zero-order valence-corrected chi connectivity index (χ0v) is 16.6. The summed E-state index contributed by atoms with van der Waals surface area (Å²) in [7, 11) is 0. The lowest BCUT2D eigenvalue weighted by Crippen LogP contribution is -2.23. The molecule has 0 saturated carbocycles. The first-order valence-corrected chi connectivity index (χ1v) is 9.48. The molecule has 0 saturated heterocycles. The molecule has 2 aromatic carbocycles. The highest BCUT2D eigenvalue weighted by molar-refractivity contribution is 5.95. The van der Waals surface area contributed by atoms with Gasteiger partial charge in [0.2, 0.25) is 0 Å². The number of benzene rings is 2. The Morgan fingerprint density at radius 1 is 1.03 bits per heavy atom. The Balaban J connectivity index is 1.46. The molecule has 1 N–H and O–H groups in total. The number of hydrogen-bond acceptors (Lipinski definition) is 4. The standard InChI is InChI=1S/C23H20FN5O/c1-15-3-8-22(28-27-15)18-11-19(13-20(24)12-18)23(30)26-14-17-4-6-21(7-5-17)29-10-9-25-16(29)2/h3-13H,14H2,1-2H3,(H,26,30). The number of hydrogen-bond donors (Lipinski definition) is 1. The fraction of sp³-hybridized carbons (Fsp3) is 0.130. The number of rotatable bonds is 5. The van der Waals surface area contributed by atoms with Gasteiger partial charge in [0.05, 0.1) is 11.4 Å². The summed E-state index contributed by atoms with van der Waals surface area (Å²) in [4.78, 5) is 16.8. The zero-order valence-electron chi connectivity index (χ0n) is 16.6. The van der Waals surface area contributed by atoms with E-state index >= 15 is 0 Å². The minimum absolute atomic E-state index is 0.234. The second-order valence-electron chi connectivity index (χ2n) is 6.98. The Morgan fingerprint density at radius 3 is 2.50 bits per heavy atom. The van der Waals surface area contributed by atoms with Crippen LogP contribution in [0, 0.1) is 19.7 Å². The Labute approximate surface area is 173 Å². The average Bonchev–Trinajstić information content (AvgIpc) is 3.18. The molecule has 0 fully saturated rings. The molecule has 30 heavy (non-hydrogen) atoms. The molecule has 0 atom stereocenters. The van der Waals surface area contributed by atoms with Crippen LogP contribution in [0.15, 0.2) is 67.0 Å². The molecule has 0 spiro atoms. The summed E-state index contributed by atoms with van der Waals surface area (Å²) in [6, 6.07) is 15.5. The number of carbonyl (C=O) groups is 1. The predicted molar refractivity (Wildman–Crippen MR) is 112 cm³/mol. The molecule has 150 valence electrons.